The van der Waals surface area contributed by atoms with Crippen LogP contribution in [0.1, 0.15) is 49.6 Å². The van der Waals surface area contributed by atoms with Crippen molar-refractivity contribution in [1.29, 1.82) is 5.26 Å². The average molecular weight is 341 g/mol. The van der Waals surface area contributed by atoms with Gasteiger partial charge in [0.2, 0.25) is 5.91 Å². The number of amides is 1. The van der Waals surface area contributed by atoms with Gasteiger partial charge in [-0.05, 0) is 52.2 Å². The van der Waals surface area contributed by atoms with Crippen molar-refractivity contribution in [3.63, 3.8) is 0 Å². The smallest absolute Gasteiger partial charge is 0.266 e. The maximum atomic E-state index is 12.2. The molecule has 7 heteroatoms. The molecule has 2 heterocycles. The molecule has 2 N–H and O–H groups in total. The summed E-state index contributed by atoms with van der Waals surface area (Å²) in [5.41, 5.74) is 2.37. The standard InChI is InChI=1S/C18H23N5O2/c1-11-14(12(2)21-17(25)15(11)8-19)6-7-16(24)22-13-9-20-23(10-13)18(3,4)5/h9-10H,6-7H2,1-5H3,(H,21,25)(H,22,24). The van der Waals surface area contributed by atoms with Gasteiger partial charge in [-0.2, -0.15) is 10.4 Å². The van der Waals surface area contributed by atoms with Crippen LogP contribution in [-0.4, -0.2) is 20.7 Å². The van der Waals surface area contributed by atoms with E-state index in [1.54, 1.807) is 30.9 Å². The number of carbonyl (C=O) groups excluding carboxylic acids is 1. The van der Waals surface area contributed by atoms with E-state index >= 15 is 0 Å². The van der Waals surface area contributed by atoms with E-state index in [4.69, 9.17) is 5.26 Å². The third-order valence-electron chi connectivity index (χ3n) is 4.08. The van der Waals surface area contributed by atoms with Gasteiger partial charge in [-0.3, -0.25) is 14.3 Å². The Morgan fingerprint density at radius 2 is 2.08 bits per heavy atom. The fourth-order valence-corrected chi connectivity index (χ4v) is 2.64. The van der Waals surface area contributed by atoms with Crippen LogP contribution in [-0.2, 0) is 16.8 Å². The Bertz CT molecular complexity index is 894. The van der Waals surface area contributed by atoms with Crippen LogP contribution in [0.25, 0.3) is 0 Å². The Morgan fingerprint density at radius 3 is 2.64 bits per heavy atom. The molecule has 0 saturated heterocycles. The van der Waals surface area contributed by atoms with Gasteiger partial charge in [0.25, 0.3) is 5.56 Å². The molecule has 2 aromatic rings. The zero-order valence-corrected chi connectivity index (χ0v) is 15.2. The zero-order chi connectivity index (χ0) is 18.8. The normalized spacial score (nSPS) is 11.2. The largest absolute Gasteiger partial charge is 0.325 e. The molecule has 0 bridgehead atoms. The summed E-state index contributed by atoms with van der Waals surface area (Å²) in [6.07, 6.45) is 4.11. The number of nitrogens with zero attached hydrogens (tertiary/aromatic N) is 3. The molecule has 0 aliphatic heterocycles. The summed E-state index contributed by atoms with van der Waals surface area (Å²) in [5.74, 6) is -0.142. The number of hydrogen-bond acceptors (Lipinski definition) is 4. The first kappa shape index (κ1) is 18.5. The molecule has 0 aromatic carbocycles. The van der Waals surface area contributed by atoms with Crippen LogP contribution in [0, 0.1) is 25.2 Å². The van der Waals surface area contributed by atoms with Crippen molar-refractivity contribution < 1.29 is 4.79 Å². The van der Waals surface area contributed by atoms with Crippen LogP contribution in [0.15, 0.2) is 17.2 Å². The van der Waals surface area contributed by atoms with Gasteiger partial charge in [0.1, 0.15) is 11.6 Å². The summed E-state index contributed by atoms with van der Waals surface area (Å²) < 4.78 is 1.79. The van der Waals surface area contributed by atoms with Crippen LogP contribution in [0.2, 0.25) is 0 Å². The van der Waals surface area contributed by atoms with E-state index in [2.05, 4.69) is 15.4 Å². The molecular weight excluding hydrogens is 318 g/mol. The lowest BCUT2D eigenvalue weighted by molar-refractivity contribution is -0.116. The van der Waals surface area contributed by atoms with Crippen LogP contribution in [0.4, 0.5) is 5.69 Å². The second kappa shape index (κ2) is 6.93. The number of H-pyrrole nitrogens is 1. The number of aromatic nitrogens is 3. The molecule has 0 fully saturated rings. The van der Waals surface area contributed by atoms with E-state index in [0.717, 1.165) is 5.56 Å². The highest BCUT2D eigenvalue weighted by molar-refractivity contribution is 5.90. The maximum Gasteiger partial charge on any atom is 0.266 e. The molecule has 0 spiro atoms. The van der Waals surface area contributed by atoms with Crippen LogP contribution >= 0.6 is 0 Å². The number of nitrogens with one attached hydrogen (secondary N) is 2. The Hall–Kier alpha value is -2.88. The van der Waals surface area contributed by atoms with Gasteiger partial charge in [-0.25, -0.2) is 0 Å². The molecule has 7 nitrogen and oxygen atoms in total. The highest BCUT2D eigenvalue weighted by Crippen LogP contribution is 2.17. The van der Waals surface area contributed by atoms with Crippen LogP contribution in [0.5, 0.6) is 0 Å². The van der Waals surface area contributed by atoms with E-state index in [-0.39, 0.29) is 29.0 Å². The number of pyridine rings is 1. The molecule has 132 valence electrons. The third kappa shape index (κ3) is 4.15. The van der Waals surface area contributed by atoms with Crippen molar-refractivity contribution in [3.8, 4) is 6.07 Å². The van der Waals surface area contributed by atoms with Crippen LogP contribution < -0.4 is 10.9 Å². The van der Waals surface area contributed by atoms with Crippen molar-refractivity contribution in [2.24, 2.45) is 0 Å². The summed E-state index contributed by atoms with van der Waals surface area (Å²) in [5, 5.41) is 16.2. The fourth-order valence-electron chi connectivity index (χ4n) is 2.64. The van der Waals surface area contributed by atoms with Crippen molar-refractivity contribution in [3.05, 3.63) is 45.1 Å². The second-order valence-corrected chi connectivity index (χ2v) is 7.06. The minimum atomic E-state index is -0.389. The summed E-state index contributed by atoms with van der Waals surface area (Å²) in [7, 11) is 0. The lowest BCUT2D eigenvalue weighted by Crippen LogP contribution is -2.22. The monoisotopic (exact) mass is 341 g/mol. The average Bonchev–Trinajstić information content (AvgIpc) is 2.95. The van der Waals surface area contributed by atoms with Crippen molar-refractivity contribution >= 4 is 11.6 Å². The van der Waals surface area contributed by atoms with Gasteiger partial charge in [0, 0.05) is 18.3 Å². The third-order valence-corrected chi connectivity index (χ3v) is 4.08. The van der Waals surface area contributed by atoms with Crippen molar-refractivity contribution in [2.45, 2.75) is 53.0 Å². The van der Waals surface area contributed by atoms with E-state index in [0.29, 0.717) is 23.4 Å². The Morgan fingerprint density at radius 1 is 1.40 bits per heavy atom. The zero-order valence-electron chi connectivity index (χ0n) is 15.2. The molecule has 0 radical (unpaired) electrons. The number of hydrogen-bond donors (Lipinski definition) is 2. The molecule has 0 saturated carbocycles. The molecule has 0 aliphatic rings. The van der Waals surface area contributed by atoms with Gasteiger partial charge >= 0.3 is 0 Å². The van der Waals surface area contributed by atoms with E-state index in [1.807, 2.05) is 26.8 Å². The van der Waals surface area contributed by atoms with Crippen LogP contribution in [0.3, 0.4) is 0 Å². The van der Waals surface area contributed by atoms with E-state index in [9.17, 15) is 9.59 Å². The lowest BCUT2D eigenvalue weighted by atomic mass is 9.99. The molecule has 0 unspecified atom stereocenters. The number of rotatable bonds is 4. The minimum absolute atomic E-state index is 0.104. The lowest BCUT2D eigenvalue weighted by Gasteiger charge is -2.18. The maximum absolute atomic E-state index is 12.2. The van der Waals surface area contributed by atoms with Crippen molar-refractivity contribution in [1.82, 2.24) is 14.8 Å². The Kier molecular flexibility index (Phi) is 5.12. The summed E-state index contributed by atoms with van der Waals surface area (Å²) in [6.45, 7) is 9.60. The summed E-state index contributed by atoms with van der Waals surface area (Å²) >= 11 is 0. The fraction of sp³-hybridized carbons (Fsp3) is 0.444. The number of aromatic amines is 1. The Labute approximate surface area is 146 Å². The van der Waals surface area contributed by atoms with Crippen molar-refractivity contribution in [2.75, 3.05) is 5.32 Å². The SMILES string of the molecule is Cc1[nH]c(=O)c(C#N)c(C)c1CCC(=O)Nc1cnn(C(C)(C)C)c1. The highest BCUT2D eigenvalue weighted by atomic mass is 16.1. The predicted octanol–water partition coefficient (Wildman–Crippen LogP) is 2.39. The first-order chi connectivity index (χ1) is 11.6. The first-order valence-corrected chi connectivity index (χ1v) is 8.11. The molecule has 2 aromatic heterocycles. The minimum Gasteiger partial charge on any atom is -0.325 e. The van der Waals surface area contributed by atoms with Gasteiger partial charge in [-0.15, -0.1) is 0 Å². The van der Waals surface area contributed by atoms with E-state index in [1.165, 1.54) is 0 Å². The molecule has 2 rings (SSSR count). The molecular formula is C18H23N5O2. The highest BCUT2D eigenvalue weighted by Gasteiger charge is 2.16. The number of aryl methyl sites for hydroxylation is 1. The molecule has 1 amide bonds. The quantitative estimate of drug-likeness (QED) is 0.891. The second-order valence-electron chi connectivity index (χ2n) is 7.06. The summed E-state index contributed by atoms with van der Waals surface area (Å²) in [4.78, 5) is 26.6. The number of carbonyl (C=O) groups is 1. The van der Waals surface area contributed by atoms with Gasteiger partial charge in [-0.1, -0.05) is 0 Å². The number of nitriles is 1. The predicted molar refractivity (Wildman–Crippen MR) is 95.4 cm³/mol. The topological polar surface area (TPSA) is 104 Å². The van der Waals surface area contributed by atoms with Gasteiger partial charge in [0.05, 0.1) is 17.4 Å². The molecule has 0 atom stereocenters. The van der Waals surface area contributed by atoms with E-state index < -0.39 is 0 Å². The number of anilines is 1. The van der Waals surface area contributed by atoms with Gasteiger partial charge in [0.15, 0.2) is 0 Å². The summed E-state index contributed by atoms with van der Waals surface area (Å²) in [6, 6.07) is 1.92. The molecule has 25 heavy (non-hydrogen) atoms. The molecule has 0 aliphatic carbocycles. The first-order valence-electron chi connectivity index (χ1n) is 8.11. The van der Waals surface area contributed by atoms with Gasteiger partial charge < -0.3 is 10.3 Å². The Balaban J connectivity index is 2.07.